The fraction of sp³-hybridized carbons (Fsp3) is 0.500. The van der Waals surface area contributed by atoms with Gasteiger partial charge in [-0.3, -0.25) is 19.2 Å². The van der Waals surface area contributed by atoms with Crippen molar-refractivity contribution >= 4 is 29.3 Å². The largest absolute Gasteiger partial charge is 0.489 e. The van der Waals surface area contributed by atoms with Crippen molar-refractivity contribution in [3.63, 3.8) is 0 Å². The van der Waals surface area contributed by atoms with E-state index in [1.54, 1.807) is 6.07 Å². The average Bonchev–Trinajstić information content (AvgIpc) is 3.53. The van der Waals surface area contributed by atoms with E-state index in [0.717, 1.165) is 62.1 Å². The van der Waals surface area contributed by atoms with Gasteiger partial charge in [0.05, 0.1) is 13.1 Å². The van der Waals surface area contributed by atoms with Gasteiger partial charge >= 0.3 is 0 Å². The molecule has 1 aliphatic carbocycles. The number of hydrogen-bond donors (Lipinski definition) is 2. The van der Waals surface area contributed by atoms with Crippen LogP contribution in [-0.2, 0) is 9.59 Å². The van der Waals surface area contributed by atoms with Crippen LogP contribution in [0.4, 0.5) is 10.1 Å². The quantitative estimate of drug-likeness (QED) is 0.511. The number of likely N-dealkylation sites (N-methyl/N-ethyl adjacent to an activating group) is 1. The lowest BCUT2D eigenvalue weighted by Gasteiger charge is -2.40. The monoisotopic (exact) mass is 592 g/mol. The summed E-state index contributed by atoms with van der Waals surface area (Å²) in [5, 5.41) is 9.52. The molecule has 5 rings (SSSR count). The second-order valence-electron chi connectivity index (χ2n) is 11.5. The van der Waals surface area contributed by atoms with Crippen molar-refractivity contribution in [2.24, 2.45) is 0 Å². The summed E-state index contributed by atoms with van der Waals surface area (Å²) >= 11 is 0. The van der Waals surface area contributed by atoms with Gasteiger partial charge in [-0.25, -0.2) is 9.71 Å². The molecule has 1 saturated carbocycles. The Bertz CT molecular complexity index is 1370. The smallest absolute Gasteiger partial charge is 0.254 e. The number of piperazine rings is 1. The molecule has 11 heteroatoms. The van der Waals surface area contributed by atoms with Crippen molar-refractivity contribution in [1.82, 2.24) is 20.4 Å². The van der Waals surface area contributed by atoms with Gasteiger partial charge in [0, 0.05) is 50.4 Å². The Morgan fingerprint density at radius 3 is 2.44 bits per heavy atom. The van der Waals surface area contributed by atoms with Gasteiger partial charge < -0.3 is 25.2 Å². The van der Waals surface area contributed by atoms with Crippen molar-refractivity contribution in [3.05, 3.63) is 58.9 Å². The number of nitrogens with one attached hydrogen (secondary N) is 2. The average molecular weight is 593 g/mol. The van der Waals surface area contributed by atoms with Crippen molar-refractivity contribution in [1.29, 1.82) is 0 Å². The first-order chi connectivity index (χ1) is 20.7. The predicted octanol–water partition coefficient (Wildman–Crippen LogP) is 3.30. The van der Waals surface area contributed by atoms with Gasteiger partial charge in [-0.05, 0) is 67.1 Å². The number of halogens is 1. The highest BCUT2D eigenvalue weighted by Crippen LogP contribution is 2.39. The molecular weight excluding hydrogens is 553 g/mol. The van der Waals surface area contributed by atoms with Gasteiger partial charge in [-0.15, -0.1) is 0 Å². The minimum Gasteiger partial charge on any atom is -0.489 e. The first-order valence-corrected chi connectivity index (χ1v) is 15.1. The lowest BCUT2D eigenvalue weighted by Crippen LogP contribution is -2.61. The second kappa shape index (κ2) is 13.5. The van der Waals surface area contributed by atoms with Gasteiger partial charge in [-0.2, -0.15) is 0 Å². The van der Waals surface area contributed by atoms with Crippen molar-refractivity contribution < 1.29 is 28.3 Å². The van der Waals surface area contributed by atoms with Crippen LogP contribution in [-0.4, -0.2) is 85.3 Å². The van der Waals surface area contributed by atoms with E-state index in [4.69, 9.17) is 4.74 Å². The van der Waals surface area contributed by atoms with Gasteiger partial charge in [0.25, 0.3) is 11.8 Å². The minimum absolute atomic E-state index is 0.0412. The highest BCUT2D eigenvalue weighted by atomic mass is 19.1. The van der Waals surface area contributed by atoms with Crippen LogP contribution >= 0.6 is 0 Å². The van der Waals surface area contributed by atoms with Crippen LogP contribution in [0.25, 0.3) is 0 Å². The number of amides is 4. The number of carbonyl (C=O) groups is 4. The van der Waals surface area contributed by atoms with E-state index in [9.17, 15) is 23.6 Å². The van der Waals surface area contributed by atoms with Gasteiger partial charge in [0.2, 0.25) is 11.8 Å². The van der Waals surface area contributed by atoms with Gasteiger partial charge in [0.15, 0.2) is 0 Å². The standard InChI is InChI=1S/C32H39FN5O5/c1-20(39)36-25-15-23(14-24(33)17-25)31(41)37-12-13-38(28(19-37)30(40)34-2)32(42)22-8-9-29(43-26-10-11-35-18-26)27(16-22)21-6-4-3-5-7-21/h8-9,14-17,21,26,28H,3-7,10-13,18-19H2,1-2H3,(H,34,40)(H,36,39)/t26-,28?/m0/s1. The molecule has 3 fully saturated rings. The summed E-state index contributed by atoms with van der Waals surface area (Å²) in [6, 6.07) is 8.24. The molecule has 2 aromatic carbocycles. The Labute approximate surface area is 251 Å². The molecule has 2 aliphatic heterocycles. The number of nitrogens with zero attached hydrogens (tertiary/aromatic N) is 3. The fourth-order valence-electron chi connectivity index (χ4n) is 6.30. The van der Waals surface area contributed by atoms with Crippen LogP contribution in [0.15, 0.2) is 36.4 Å². The number of rotatable bonds is 7. The molecule has 1 unspecified atom stereocenters. The second-order valence-corrected chi connectivity index (χ2v) is 11.5. The molecule has 2 atom stereocenters. The van der Waals surface area contributed by atoms with Crippen LogP contribution in [0.1, 0.15) is 77.6 Å². The molecule has 2 saturated heterocycles. The third-order valence-corrected chi connectivity index (χ3v) is 8.48. The Kier molecular flexibility index (Phi) is 9.59. The number of carbonyl (C=O) groups excluding carboxylic acids is 4. The van der Waals surface area contributed by atoms with Crippen LogP contribution < -0.4 is 20.7 Å². The molecule has 4 amide bonds. The van der Waals surface area contributed by atoms with E-state index in [0.29, 0.717) is 18.0 Å². The van der Waals surface area contributed by atoms with E-state index in [2.05, 4.69) is 16.0 Å². The molecule has 2 N–H and O–H groups in total. The molecule has 0 aromatic heterocycles. The molecule has 0 bridgehead atoms. The van der Waals surface area contributed by atoms with Gasteiger partial charge in [-0.1, -0.05) is 19.3 Å². The summed E-state index contributed by atoms with van der Waals surface area (Å²) < 4.78 is 20.6. The molecule has 2 heterocycles. The maximum atomic E-state index is 14.3. The van der Waals surface area contributed by atoms with Crippen LogP contribution in [0, 0.1) is 5.82 Å². The van der Waals surface area contributed by atoms with E-state index in [-0.39, 0.29) is 42.9 Å². The maximum Gasteiger partial charge on any atom is 0.254 e. The van der Waals surface area contributed by atoms with E-state index in [1.807, 2.05) is 12.1 Å². The fourth-order valence-corrected chi connectivity index (χ4v) is 6.30. The lowest BCUT2D eigenvalue weighted by molar-refractivity contribution is -0.126. The summed E-state index contributed by atoms with van der Waals surface area (Å²) in [5.74, 6) is -1.15. The normalized spacial score (nSPS) is 20.9. The summed E-state index contributed by atoms with van der Waals surface area (Å²) in [5.41, 5.74) is 1.71. The molecule has 3 aliphatic rings. The zero-order valence-corrected chi connectivity index (χ0v) is 24.7. The predicted molar refractivity (Wildman–Crippen MR) is 159 cm³/mol. The first kappa shape index (κ1) is 30.5. The van der Waals surface area contributed by atoms with E-state index < -0.39 is 29.6 Å². The number of anilines is 1. The highest BCUT2D eigenvalue weighted by Gasteiger charge is 2.38. The van der Waals surface area contributed by atoms with E-state index >= 15 is 0 Å². The van der Waals surface area contributed by atoms with Crippen molar-refractivity contribution in [2.75, 3.05) is 45.1 Å². The number of ether oxygens (including phenoxy) is 1. The molecule has 0 spiro atoms. The Morgan fingerprint density at radius 1 is 0.953 bits per heavy atom. The van der Waals surface area contributed by atoms with E-state index in [1.165, 1.54) is 36.3 Å². The lowest BCUT2D eigenvalue weighted by atomic mass is 9.83. The molecule has 43 heavy (non-hydrogen) atoms. The molecule has 229 valence electrons. The number of benzene rings is 2. The molecule has 2 aromatic rings. The first-order valence-electron chi connectivity index (χ1n) is 15.1. The molecular formula is C32H39FN5O5. The van der Waals surface area contributed by atoms with Gasteiger partial charge in [0.1, 0.15) is 23.7 Å². The number of hydrogen-bond acceptors (Lipinski definition) is 5. The summed E-state index contributed by atoms with van der Waals surface area (Å²) in [4.78, 5) is 54.8. The van der Waals surface area contributed by atoms with Crippen LogP contribution in [0.3, 0.4) is 0 Å². The third-order valence-electron chi connectivity index (χ3n) is 8.48. The van der Waals surface area contributed by atoms with Crippen molar-refractivity contribution in [3.8, 4) is 5.75 Å². The zero-order chi connectivity index (χ0) is 30.5. The Morgan fingerprint density at radius 2 is 1.74 bits per heavy atom. The van der Waals surface area contributed by atoms with Crippen LogP contribution in [0.5, 0.6) is 5.75 Å². The topological polar surface area (TPSA) is 122 Å². The van der Waals surface area contributed by atoms with Crippen LogP contribution in [0.2, 0.25) is 0 Å². The van der Waals surface area contributed by atoms with Crippen molar-refractivity contribution in [2.45, 2.75) is 63.5 Å². The Balaban J connectivity index is 1.37. The zero-order valence-electron chi connectivity index (χ0n) is 24.7. The Hall–Kier alpha value is -3.99. The SMILES string of the molecule is CNC(=O)C1CN(C(=O)c2cc(F)cc(NC(C)=O)c2)CCN1C(=O)c1ccc(O[C@H]2CC[N]C2)c(C2CCCCC2)c1. The summed E-state index contributed by atoms with van der Waals surface area (Å²) in [6.45, 7) is 2.99. The summed E-state index contributed by atoms with van der Waals surface area (Å²) in [7, 11) is 1.49. The summed E-state index contributed by atoms with van der Waals surface area (Å²) in [6.07, 6.45) is 6.46. The maximum absolute atomic E-state index is 14.3. The highest BCUT2D eigenvalue weighted by molar-refractivity contribution is 6.00. The molecule has 1 radical (unpaired) electrons. The molecule has 10 nitrogen and oxygen atoms in total. The third kappa shape index (κ3) is 7.15. The minimum atomic E-state index is -0.937.